The highest BCUT2D eigenvalue weighted by Crippen LogP contribution is 2.44. The SMILES string of the molecule is CCCC(CNC(=O)OCC1c2ccccc2-c2ccccc21)C(=O)NC[C@H]1CCO[C@H]1C(=O)O. The predicted octanol–water partition coefficient (Wildman–Crippen LogP) is 3.55. The maximum Gasteiger partial charge on any atom is 0.407 e. The van der Waals surface area contributed by atoms with Gasteiger partial charge >= 0.3 is 12.1 Å². The summed E-state index contributed by atoms with van der Waals surface area (Å²) in [6, 6.07) is 16.3. The van der Waals surface area contributed by atoms with E-state index in [-0.39, 0.29) is 37.4 Å². The molecule has 35 heavy (non-hydrogen) atoms. The number of rotatable bonds is 10. The zero-order valence-electron chi connectivity index (χ0n) is 19.9. The van der Waals surface area contributed by atoms with Gasteiger partial charge in [-0.2, -0.15) is 0 Å². The smallest absolute Gasteiger partial charge is 0.407 e. The molecule has 4 rings (SSSR count). The standard InChI is InChI=1S/C27H32N2O6/c1-2-7-18(25(30)28-14-17-12-13-34-24(17)26(31)32)15-29-27(33)35-16-23-21-10-5-3-8-19(21)20-9-4-6-11-22(20)23/h3-6,8-11,17-18,23-24H,2,7,12-16H2,1H3,(H,28,30)(H,29,33)(H,31,32)/t17-,18?,24-/m1/s1. The Morgan fingerprint density at radius 3 is 2.34 bits per heavy atom. The molecule has 2 aliphatic rings. The summed E-state index contributed by atoms with van der Waals surface area (Å²) in [6.07, 6.45) is 0.510. The van der Waals surface area contributed by atoms with Crippen LogP contribution in [0.1, 0.15) is 43.2 Å². The number of benzene rings is 2. The molecule has 3 atom stereocenters. The van der Waals surface area contributed by atoms with Gasteiger partial charge in [-0.3, -0.25) is 4.79 Å². The summed E-state index contributed by atoms with van der Waals surface area (Å²) in [5.41, 5.74) is 4.60. The highest BCUT2D eigenvalue weighted by atomic mass is 16.5. The summed E-state index contributed by atoms with van der Waals surface area (Å²) in [5.74, 6) is -1.93. The first-order valence-electron chi connectivity index (χ1n) is 12.2. The van der Waals surface area contributed by atoms with Crippen molar-refractivity contribution in [2.24, 2.45) is 11.8 Å². The molecule has 1 unspecified atom stereocenters. The van der Waals surface area contributed by atoms with Crippen LogP contribution in [0.3, 0.4) is 0 Å². The minimum absolute atomic E-state index is 0.0290. The van der Waals surface area contributed by atoms with Crippen molar-refractivity contribution in [2.45, 2.75) is 38.2 Å². The minimum atomic E-state index is -1.01. The number of ether oxygens (including phenoxy) is 2. The van der Waals surface area contributed by atoms with Gasteiger partial charge in [0, 0.05) is 31.5 Å². The largest absolute Gasteiger partial charge is 0.479 e. The van der Waals surface area contributed by atoms with Crippen LogP contribution in [0.15, 0.2) is 48.5 Å². The van der Waals surface area contributed by atoms with Gasteiger partial charge in [0.05, 0.1) is 5.92 Å². The van der Waals surface area contributed by atoms with Crippen LogP contribution in [0.2, 0.25) is 0 Å². The Hall–Kier alpha value is -3.39. The molecule has 0 radical (unpaired) electrons. The van der Waals surface area contributed by atoms with Gasteiger partial charge in [-0.15, -0.1) is 0 Å². The molecule has 0 bridgehead atoms. The normalized spacial score (nSPS) is 19.5. The summed E-state index contributed by atoms with van der Waals surface area (Å²) < 4.78 is 10.8. The van der Waals surface area contributed by atoms with Gasteiger partial charge in [0.2, 0.25) is 5.91 Å². The Morgan fingerprint density at radius 2 is 1.71 bits per heavy atom. The first-order valence-corrected chi connectivity index (χ1v) is 12.2. The zero-order valence-corrected chi connectivity index (χ0v) is 19.9. The minimum Gasteiger partial charge on any atom is -0.479 e. The Labute approximate surface area is 205 Å². The number of alkyl carbamates (subject to hydrolysis) is 1. The molecule has 2 amide bonds. The number of aliphatic carboxylic acids is 1. The van der Waals surface area contributed by atoms with E-state index in [1.54, 1.807) is 0 Å². The molecule has 1 fully saturated rings. The number of carboxylic acids is 1. The average molecular weight is 481 g/mol. The summed E-state index contributed by atoms with van der Waals surface area (Å²) >= 11 is 0. The van der Waals surface area contributed by atoms with Gasteiger partial charge in [-0.25, -0.2) is 9.59 Å². The second-order valence-corrected chi connectivity index (χ2v) is 9.12. The molecule has 1 saturated heterocycles. The van der Waals surface area contributed by atoms with E-state index in [0.717, 1.165) is 28.7 Å². The zero-order chi connectivity index (χ0) is 24.8. The predicted molar refractivity (Wildman–Crippen MR) is 130 cm³/mol. The monoisotopic (exact) mass is 480 g/mol. The number of nitrogens with one attached hydrogen (secondary N) is 2. The van der Waals surface area contributed by atoms with E-state index in [2.05, 4.69) is 34.9 Å². The Bertz CT molecular complexity index is 1030. The number of carboxylic acid groups (broad SMARTS) is 1. The van der Waals surface area contributed by atoms with Crippen LogP contribution in [0, 0.1) is 11.8 Å². The molecule has 2 aromatic rings. The molecule has 0 saturated carbocycles. The maximum atomic E-state index is 12.7. The molecule has 1 heterocycles. The van der Waals surface area contributed by atoms with E-state index in [4.69, 9.17) is 9.47 Å². The highest BCUT2D eigenvalue weighted by Gasteiger charge is 2.34. The number of hydrogen-bond donors (Lipinski definition) is 3. The van der Waals surface area contributed by atoms with Crippen molar-refractivity contribution in [1.82, 2.24) is 10.6 Å². The van der Waals surface area contributed by atoms with Gasteiger partial charge in [0.25, 0.3) is 0 Å². The fraction of sp³-hybridized carbons (Fsp3) is 0.444. The number of fused-ring (bicyclic) bond motifs is 3. The molecular weight excluding hydrogens is 448 g/mol. The summed E-state index contributed by atoms with van der Waals surface area (Å²) in [4.78, 5) is 36.5. The van der Waals surface area contributed by atoms with Gasteiger partial charge in [-0.1, -0.05) is 61.9 Å². The topological polar surface area (TPSA) is 114 Å². The van der Waals surface area contributed by atoms with Crippen molar-refractivity contribution in [1.29, 1.82) is 0 Å². The Balaban J connectivity index is 1.28. The van der Waals surface area contributed by atoms with E-state index in [0.29, 0.717) is 19.4 Å². The molecule has 0 spiro atoms. The fourth-order valence-corrected chi connectivity index (χ4v) is 5.02. The molecule has 1 aliphatic carbocycles. The van der Waals surface area contributed by atoms with Crippen LogP contribution < -0.4 is 10.6 Å². The lowest BCUT2D eigenvalue weighted by Crippen LogP contribution is -2.42. The van der Waals surface area contributed by atoms with Crippen molar-refractivity contribution in [3.8, 4) is 11.1 Å². The first-order chi connectivity index (χ1) is 17.0. The average Bonchev–Trinajstić information content (AvgIpc) is 3.47. The second-order valence-electron chi connectivity index (χ2n) is 9.12. The molecule has 0 aromatic heterocycles. The first kappa shape index (κ1) is 24.7. The van der Waals surface area contributed by atoms with Crippen LogP contribution in [-0.2, 0) is 19.1 Å². The van der Waals surface area contributed by atoms with Crippen LogP contribution in [0.4, 0.5) is 4.79 Å². The third-order valence-electron chi connectivity index (χ3n) is 6.84. The van der Waals surface area contributed by atoms with Gasteiger partial charge in [0.1, 0.15) is 6.61 Å². The van der Waals surface area contributed by atoms with E-state index < -0.39 is 24.1 Å². The van der Waals surface area contributed by atoms with Crippen LogP contribution >= 0.6 is 0 Å². The van der Waals surface area contributed by atoms with E-state index in [1.807, 2.05) is 31.2 Å². The summed E-state index contributed by atoms with van der Waals surface area (Å²) in [6.45, 7) is 2.95. The molecule has 8 nitrogen and oxygen atoms in total. The van der Waals surface area contributed by atoms with E-state index >= 15 is 0 Å². The molecule has 186 valence electrons. The van der Waals surface area contributed by atoms with E-state index in [1.165, 1.54) is 0 Å². The highest BCUT2D eigenvalue weighted by molar-refractivity contribution is 5.80. The lowest BCUT2D eigenvalue weighted by molar-refractivity contribution is -0.149. The summed E-state index contributed by atoms with van der Waals surface area (Å²) in [7, 11) is 0. The van der Waals surface area contributed by atoms with E-state index in [9.17, 15) is 19.5 Å². The third kappa shape index (κ3) is 5.65. The summed E-state index contributed by atoms with van der Waals surface area (Å²) in [5, 5.41) is 14.8. The van der Waals surface area contributed by atoms with Crippen molar-refractivity contribution in [2.75, 3.05) is 26.3 Å². The fourth-order valence-electron chi connectivity index (χ4n) is 5.02. The van der Waals surface area contributed by atoms with Crippen LogP contribution in [0.25, 0.3) is 11.1 Å². The molecular formula is C27H32N2O6. The number of carbonyl (C=O) groups excluding carboxylic acids is 2. The lowest BCUT2D eigenvalue weighted by Gasteiger charge is -2.20. The van der Waals surface area contributed by atoms with Crippen molar-refractivity contribution in [3.05, 3.63) is 59.7 Å². The van der Waals surface area contributed by atoms with Gasteiger partial charge in [0.15, 0.2) is 6.10 Å². The van der Waals surface area contributed by atoms with Crippen molar-refractivity contribution >= 4 is 18.0 Å². The van der Waals surface area contributed by atoms with Crippen molar-refractivity contribution < 1.29 is 29.0 Å². The van der Waals surface area contributed by atoms with Gasteiger partial charge < -0.3 is 25.2 Å². The molecule has 3 N–H and O–H groups in total. The maximum absolute atomic E-state index is 12.7. The number of carbonyl (C=O) groups is 3. The molecule has 8 heteroatoms. The quantitative estimate of drug-likeness (QED) is 0.479. The van der Waals surface area contributed by atoms with Crippen molar-refractivity contribution in [3.63, 3.8) is 0 Å². The van der Waals surface area contributed by atoms with Crippen LogP contribution in [0.5, 0.6) is 0 Å². The molecule has 2 aromatic carbocycles. The second kappa shape index (κ2) is 11.4. The lowest BCUT2D eigenvalue weighted by atomic mass is 9.98. The Morgan fingerprint density at radius 1 is 1.06 bits per heavy atom. The number of amides is 2. The molecule has 1 aliphatic heterocycles. The third-order valence-corrected chi connectivity index (χ3v) is 6.84. The van der Waals surface area contributed by atoms with Gasteiger partial charge in [-0.05, 0) is 35.1 Å². The van der Waals surface area contributed by atoms with Crippen LogP contribution in [-0.4, -0.2) is 55.5 Å². The Kier molecular flexibility index (Phi) is 8.02. The number of hydrogen-bond acceptors (Lipinski definition) is 5.